The Bertz CT molecular complexity index is 715. The van der Waals surface area contributed by atoms with Crippen LogP contribution in [-0.2, 0) is 18.5 Å². The highest BCUT2D eigenvalue weighted by atomic mass is 16.5. The normalized spacial score (nSPS) is 15.2. The van der Waals surface area contributed by atoms with Gasteiger partial charge in [-0.1, -0.05) is 0 Å². The molecule has 1 aromatic heterocycles. The Morgan fingerprint density at radius 2 is 1.71 bits per heavy atom. The molecule has 0 unspecified atom stereocenters. The summed E-state index contributed by atoms with van der Waals surface area (Å²) in [4.78, 5) is 0. The van der Waals surface area contributed by atoms with Crippen molar-refractivity contribution < 1.29 is 4.74 Å². The molecule has 4 heteroatoms. The molecule has 0 fully saturated rings. The fourth-order valence-corrected chi connectivity index (χ4v) is 3.17. The van der Waals surface area contributed by atoms with Gasteiger partial charge in [0.05, 0.1) is 11.2 Å². The van der Waals surface area contributed by atoms with Gasteiger partial charge < -0.3 is 10.1 Å². The first-order chi connectivity index (χ1) is 11.1. The van der Waals surface area contributed by atoms with Gasteiger partial charge in [0.1, 0.15) is 11.4 Å². The van der Waals surface area contributed by atoms with E-state index in [9.17, 15) is 0 Å². The number of nitrogens with zero attached hydrogens (tertiary/aromatic N) is 2. The van der Waals surface area contributed by atoms with Crippen molar-refractivity contribution >= 4 is 0 Å². The van der Waals surface area contributed by atoms with Crippen molar-refractivity contribution in [3.63, 3.8) is 0 Å². The summed E-state index contributed by atoms with van der Waals surface area (Å²) in [7, 11) is 0. The topological polar surface area (TPSA) is 39.1 Å². The predicted molar refractivity (Wildman–Crippen MR) is 98.5 cm³/mol. The molecule has 24 heavy (non-hydrogen) atoms. The van der Waals surface area contributed by atoms with Crippen molar-refractivity contribution in [3.05, 3.63) is 35.5 Å². The van der Waals surface area contributed by atoms with Crippen LogP contribution in [0, 0.1) is 0 Å². The van der Waals surface area contributed by atoms with Crippen molar-refractivity contribution in [2.24, 2.45) is 0 Å². The smallest absolute Gasteiger partial charge is 0.120 e. The second kappa shape index (κ2) is 5.92. The quantitative estimate of drug-likeness (QED) is 0.901. The molecule has 4 nitrogen and oxygen atoms in total. The van der Waals surface area contributed by atoms with E-state index in [0.717, 1.165) is 36.5 Å². The summed E-state index contributed by atoms with van der Waals surface area (Å²) in [6.45, 7) is 14.7. The van der Waals surface area contributed by atoms with E-state index in [2.05, 4.69) is 63.7 Å². The first-order valence-electron chi connectivity index (χ1n) is 8.76. The van der Waals surface area contributed by atoms with Crippen LogP contribution in [0.5, 0.6) is 5.75 Å². The first-order valence-corrected chi connectivity index (χ1v) is 8.76. The summed E-state index contributed by atoms with van der Waals surface area (Å²) in [5.41, 5.74) is 4.76. The zero-order valence-corrected chi connectivity index (χ0v) is 15.7. The van der Waals surface area contributed by atoms with Crippen LogP contribution in [0.25, 0.3) is 11.3 Å². The lowest BCUT2D eigenvalue weighted by Crippen LogP contribution is -2.30. The van der Waals surface area contributed by atoms with E-state index in [1.165, 1.54) is 11.3 Å². The van der Waals surface area contributed by atoms with Crippen molar-refractivity contribution in [1.29, 1.82) is 0 Å². The summed E-state index contributed by atoms with van der Waals surface area (Å²) in [5.74, 6) is 0.897. The van der Waals surface area contributed by atoms with Crippen LogP contribution in [0.3, 0.4) is 0 Å². The molecular formula is C20H29N3O. The number of nitrogens with one attached hydrogen (secondary N) is 1. The molecule has 2 aromatic rings. The van der Waals surface area contributed by atoms with Crippen molar-refractivity contribution in [3.8, 4) is 17.0 Å². The molecule has 0 atom stereocenters. The lowest BCUT2D eigenvalue weighted by atomic mass is 10.0. The molecule has 0 saturated carbocycles. The Balaban J connectivity index is 1.99. The monoisotopic (exact) mass is 327 g/mol. The Morgan fingerprint density at radius 1 is 1.04 bits per heavy atom. The van der Waals surface area contributed by atoms with Gasteiger partial charge in [-0.25, -0.2) is 0 Å². The van der Waals surface area contributed by atoms with Gasteiger partial charge in [0.15, 0.2) is 0 Å². The van der Waals surface area contributed by atoms with Crippen LogP contribution >= 0.6 is 0 Å². The second-order valence-corrected chi connectivity index (χ2v) is 8.52. The Labute approximate surface area is 145 Å². The maximum Gasteiger partial charge on any atom is 0.120 e. The second-order valence-electron chi connectivity index (χ2n) is 8.52. The summed E-state index contributed by atoms with van der Waals surface area (Å²) in [6, 6.07) is 8.31. The van der Waals surface area contributed by atoms with E-state index in [4.69, 9.17) is 9.84 Å². The highest BCUT2D eigenvalue weighted by Crippen LogP contribution is 2.32. The Kier molecular flexibility index (Phi) is 4.20. The van der Waals surface area contributed by atoms with Gasteiger partial charge in [0.25, 0.3) is 0 Å². The zero-order chi connectivity index (χ0) is 17.5. The van der Waals surface area contributed by atoms with Gasteiger partial charge in [-0.2, -0.15) is 5.10 Å². The molecule has 3 rings (SSSR count). The van der Waals surface area contributed by atoms with E-state index < -0.39 is 0 Å². The van der Waals surface area contributed by atoms with Gasteiger partial charge >= 0.3 is 0 Å². The summed E-state index contributed by atoms with van der Waals surface area (Å²) in [5, 5.41) is 8.45. The van der Waals surface area contributed by atoms with Crippen LogP contribution in [0.2, 0.25) is 0 Å². The number of fused-ring (bicyclic) bond motifs is 1. The van der Waals surface area contributed by atoms with Gasteiger partial charge in [0, 0.05) is 36.3 Å². The van der Waals surface area contributed by atoms with Crippen LogP contribution in [0.1, 0.15) is 52.8 Å². The number of ether oxygens (including phenoxy) is 1. The minimum atomic E-state index is -0.182. The molecule has 1 aromatic carbocycles. The first kappa shape index (κ1) is 17.0. The summed E-state index contributed by atoms with van der Waals surface area (Å²) in [6.07, 6.45) is 1.03. The minimum Gasteiger partial charge on any atom is -0.488 e. The van der Waals surface area contributed by atoms with Gasteiger partial charge in [-0.15, -0.1) is 0 Å². The average molecular weight is 327 g/mol. The van der Waals surface area contributed by atoms with Gasteiger partial charge in [0.2, 0.25) is 0 Å². The van der Waals surface area contributed by atoms with E-state index in [0.29, 0.717) is 0 Å². The van der Waals surface area contributed by atoms with Crippen molar-refractivity contribution in [2.45, 2.75) is 65.6 Å². The Hall–Kier alpha value is -1.81. The number of benzene rings is 1. The fourth-order valence-electron chi connectivity index (χ4n) is 3.17. The lowest BCUT2D eigenvalue weighted by Gasteiger charge is -2.24. The van der Waals surface area contributed by atoms with Crippen molar-refractivity contribution in [2.75, 3.05) is 6.54 Å². The number of rotatable bonds is 2. The molecule has 0 bridgehead atoms. The standard InChI is InChI=1S/C20H29N3O/c1-19(2,3)23-17-11-12-21-13-16(17)18(22-23)14-7-9-15(10-8-14)24-20(4,5)6/h7-10,21H,11-13H2,1-6H3. The predicted octanol–water partition coefficient (Wildman–Crippen LogP) is 4.13. The van der Waals surface area contributed by atoms with Gasteiger partial charge in [-0.3, -0.25) is 4.68 Å². The number of aromatic nitrogens is 2. The van der Waals surface area contributed by atoms with Crippen LogP contribution in [0.15, 0.2) is 24.3 Å². The molecule has 0 radical (unpaired) electrons. The van der Waals surface area contributed by atoms with E-state index in [1.807, 2.05) is 12.1 Å². The maximum atomic E-state index is 5.93. The minimum absolute atomic E-state index is 0.00500. The third-order valence-corrected chi connectivity index (χ3v) is 4.12. The molecule has 1 aliphatic heterocycles. The number of hydrogen-bond acceptors (Lipinski definition) is 3. The highest BCUT2D eigenvalue weighted by Gasteiger charge is 2.27. The van der Waals surface area contributed by atoms with E-state index in [1.54, 1.807) is 0 Å². The van der Waals surface area contributed by atoms with Crippen molar-refractivity contribution in [1.82, 2.24) is 15.1 Å². The molecule has 0 saturated heterocycles. The van der Waals surface area contributed by atoms with Crippen LogP contribution in [-0.4, -0.2) is 21.9 Å². The van der Waals surface area contributed by atoms with E-state index >= 15 is 0 Å². The van der Waals surface area contributed by atoms with E-state index in [-0.39, 0.29) is 11.1 Å². The summed E-state index contributed by atoms with van der Waals surface area (Å²) >= 11 is 0. The highest BCUT2D eigenvalue weighted by molar-refractivity contribution is 5.65. The SMILES string of the molecule is CC(C)(C)Oc1ccc(-c2nn(C(C)(C)C)c3c2CNCC3)cc1. The molecule has 0 amide bonds. The molecule has 1 aliphatic rings. The molecule has 130 valence electrons. The number of hydrogen-bond donors (Lipinski definition) is 1. The zero-order valence-electron chi connectivity index (χ0n) is 15.7. The Morgan fingerprint density at radius 3 is 2.29 bits per heavy atom. The lowest BCUT2D eigenvalue weighted by molar-refractivity contribution is 0.131. The molecule has 1 N–H and O–H groups in total. The largest absolute Gasteiger partial charge is 0.488 e. The molecule has 0 spiro atoms. The third-order valence-electron chi connectivity index (χ3n) is 4.12. The molecular weight excluding hydrogens is 298 g/mol. The summed E-state index contributed by atoms with van der Waals surface area (Å²) < 4.78 is 8.13. The van der Waals surface area contributed by atoms with Crippen LogP contribution < -0.4 is 10.1 Å². The van der Waals surface area contributed by atoms with Gasteiger partial charge in [-0.05, 0) is 65.8 Å². The van der Waals surface area contributed by atoms with Crippen LogP contribution in [0.4, 0.5) is 0 Å². The molecule has 2 heterocycles. The average Bonchev–Trinajstić information content (AvgIpc) is 2.86. The third kappa shape index (κ3) is 3.48. The fraction of sp³-hybridized carbons (Fsp3) is 0.550. The molecule has 0 aliphatic carbocycles. The maximum absolute atomic E-state index is 5.93.